The van der Waals surface area contributed by atoms with Crippen molar-refractivity contribution < 1.29 is 22.7 Å². The predicted octanol–water partition coefficient (Wildman–Crippen LogP) is 2.94. The second-order valence-electron chi connectivity index (χ2n) is 2.72. The smallest absolute Gasteiger partial charge is 0.343 e. The van der Waals surface area contributed by atoms with E-state index in [-0.39, 0.29) is 10.2 Å². The van der Waals surface area contributed by atoms with Crippen molar-refractivity contribution in [1.29, 1.82) is 0 Å². The van der Waals surface area contributed by atoms with E-state index in [1.54, 1.807) is 29.5 Å². The summed E-state index contributed by atoms with van der Waals surface area (Å²) in [5, 5.41) is 0. The van der Waals surface area contributed by atoms with E-state index < -0.39 is 29.6 Å². The van der Waals surface area contributed by atoms with Crippen LogP contribution in [0.25, 0.3) is 0 Å². The first-order chi connectivity index (χ1) is 7.47. The molecule has 0 aliphatic heterocycles. The fraction of sp³-hybridized carbons (Fsp3) is 0.333. The number of hydrogen-bond donors (Lipinski definition) is 0. The molecule has 0 aliphatic carbocycles. The molecule has 0 atom stereocenters. The molecule has 7 heteroatoms. The lowest BCUT2D eigenvalue weighted by Gasteiger charge is -2.07. The lowest BCUT2D eigenvalue weighted by molar-refractivity contribution is 0.0517. The number of rotatable bonds is 3. The molecule has 0 N–H and O–H groups in total. The van der Waals surface area contributed by atoms with Crippen molar-refractivity contribution in [3.8, 4) is 0 Å². The normalized spacial score (nSPS) is 10.6. The summed E-state index contributed by atoms with van der Waals surface area (Å²) in [6.45, 7) is 1.63. The first-order valence-corrected chi connectivity index (χ1v) is 5.36. The molecule has 1 heterocycles. The average molecular weight is 345 g/mol. The van der Waals surface area contributed by atoms with E-state index in [1.165, 1.54) is 0 Å². The Kier molecular flexibility index (Phi) is 4.51. The summed E-state index contributed by atoms with van der Waals surface area (Å²) in [7, 11) is 0. The summed E-state index contributed by atoms with van der Waals surface area (Å²) in [4.78, 5) is 14.3. The fourth-order valence-electron chi connectivity index (χ4n) is 0.999. The quantitative estimate of drug-likeness (QED) is 0.480. The van der Waals surface area contributed by atoms with Crippen LogP contribution in [0.3, 0.4) is 0 Å². The van der Waals surface area contributed by atoms with Crippen LogP contribution < -0.4 is 0 Å². The zero-order chi connectivity index (χ0) is 12.3. The third-order valence-electron chi connectivity index (χ3n) is 1.65. The molecule has 3 nitrogen and oxygen atoms in total. The number of pyridine rings is 1. The summed E-state index contributed by atoms with van der Waals surface area (Å²) in [5.74, 6) is -2.14. The fourth-order valence-corrected chi connectivity index (χ4v) is 1.76. The summed E-state index contributed by atoms with van der Waals surface area (Å²) in [6.07, 6.45) is -2.88. The highest BCUT2D eigenvalue weighted by molar-refractivity contribution is 14.1. The third-order valence-corrected chi connectivity index (χ3v) is 2.50. The van der Waals surface area contributed by atoms with E-state index in [2.05, 4.69) is 9.72 Å². The van der Waals surface area contributed by atoms with Crippen LogP contribution in [0.1, 0.15) is 29.4 Å². The lowest BCUT2D eigenvalue weighted by Crippen LogP contribution is -2.12. The second-order valence-corrected chi connectivity index (χ2v) is 3.88. The molecule has 1 aromatic heterocycles. The summed E-state index contributed by atoms with van der Waals surface area (Å²) >= 11 is 1.59. The van der Waals surface area contributed by atoms with Gasteiger partial charge in [-0.2, -0.15) is 4.39 Å². The van der Waals surface area contributed by atoms with Crippen LogP contribution >= 0.6 is 22.6 Å². The molecule has 0 unspecified atom stereocenters. The largest absolute Gasteiger partial charge is 0.462 e. The van der Waals surface area contributed by atoms with E-state index >= 15 is 0 Å². The molecule has 0 aromatic carbocycles. The Morgan fingerprint density at radius 1 is 1.62 bits per heavy atom. The van der Waals surface area contributed by atoms with Crippen molar-refractivity contribution in [2.45, 2.75) is 13.3 Å². The Bertz CT molecular complexity index is 389. The van der Waals surface area contributed by atoms with Crippen LogP contribution in [0.2, 0.25) is 0 Å². The summed E-state index contributed by atoms with van der Waals surface area (Å²) < 4.78 is 42.4. The minimum Gasteiger partial charge on any atom is -0.462 e. The third kappa shape index (κ3) is 2.83. The molecule has 16 heavy (non-hydrogen) atoms. The molecule has 0 aliphatic rings. The standard InChI is InChI=1S/C9H7F3INO2/c1-2-16-9(15)6-4(13)3-5(7(10)11)14-8(6)12/h3,7H,2H2,1H3. The minimum absolute atomic E-state index is 0.0545. The van der Waals surface area contributed by atoms with Crippen LogP contribution in [0, 0.1) is 9.52 Å². The molecular formula is C9H7F3INO2. The maximum Gasteiger partial charge on any atom is 0.343 e. The highest BCUT2D eigenvalue weighted by atomic mass is 127. The van der Waals surface area contributed by atoms with Crippen molar-refractivity contribution in [2.75, 3.05) is 6.61 Å². The number of aromatic nitrogens is 1. The van der Waals surface area contributed by atoms with Crippen LogP contribution in [0.5, 0.6) is 0 Å². The number of halogens is 4. The van der Waals surface area contributed by atoms with Gasteiger partial charge in [-0.25, -0.2) is 18.6 Å². The number of carbonyl (C=O) groups excluding carboxylic acids is 1. The molecule has 0 spiro atoms. The highest BCUT2D eigenvalue weighted by Gasteiger charge is 2.22. The number of nitrogens with zero attached hydrogens (tertiary/aromatic N) is 1. The van der Waals surface area contributed by atoms with Gasteiger partial charge in [-0.1, -0.05) is 0 Å². The Morgan fingerprint density at radius 2 is 2.25 bits per heavy atom. The first kappa shape index (κ1) is 13.2. The van der Waals surface area contributed by atoms with Gasteiger partial charge in [-0.05, 0) is 35.6 Å². The monoisotopic (exact) mass is 345 g/mol. The van der Waals surface area contributed by atoms with Crippen molar-refractivity contribution >= 4 is 28.6 Å². The molecular weight excluding hydrogens is 338 g/mol. The molecule has 0 bridgehead atoms. The van der Waals surface area contributed by atoms with Crippen molar-refractivity contribution in [1.82, 2.24) is 4.98 Å². The number of ether oxygens (including phenoxy) is 1. The van der Waals surface area contributed by atoms with Crippen LogP contribution in [-0.4, -0.2) is 17.6 Å². The Hall–Kier alpha value is -0.860. The predicted molar refractivity (Wildman–Crippen MR) is 57.8 cm³/mol. The zero-order valence-electron chi connectivity index (χ0n) is 8.14. The maximum atomic E-state index is 13.3. The minimum atomic E-state index is -2.88. The van der Waals surface area contributed by atoms with Crippen LogP contribution in [0.4, 0.5) is 13.2 Å². The Balaban J connectivity index is 3.17. The van der Waals surface area contributed by atoms with E-state index in [9.17, 15) is 18.0 Å². The van der Waals surface area contributed by atoms with Gasteiger partial charge in [0.25, 0.3) is 6.43 Å². The van der Waals surface area contributed by atoms with E-state index in [4.69, 9.17) is 0 Å². The number of carbonyl (C=O) groups is 1. The molecule has 1 aromatic rings. The number of esters is 1. The Labute approximate surface area is 103 Å². The van der Waals surface area contributed by atoms with Gasteiger partial charge in [0.1, 0.15) is 11.3 Å². The van der Waals surface area contributed by atoms with Gasteiger partial charge in [0.2, 0.25) is 5.95 Å². The van der Waals surface area contributed by atoms with E-state index in [0.29, 0.717) is 0 Å². The van der Waals surface area contributed by atoms with E-state index in [1.807, 2.05) is 0 Å². The number of alkyl halides is 2. The molecule has 1 rings (SSSR count). The van der Waals surface area contributed by atoms with E-state index in [0.717, 1.165) is 6.07 Å². The van der Waals surface area contributed by atoms with Gasteiger partial charge >= 0.3 is 5.97 Å². The lowest BCUT2D eigenvalue weighted by atomic mass is 10.2. The second kappa shape index (κ2) is 5.46. The highest BCUT2D eigenvalue weighted by Crippen LogP contribution is 2.23. The van der Waals surface area contributed by atoms with Crippen molar-refractivity contribution in [3.63, 3.8) is 0 Å². The van der Waals surface area contributed by atoms with Gasteiger partial charge in [-0.15, -0.1) is 0 Å². The number of hydrogen-bond acceptors (Lipinski definition) is 3. The molecule has 0 radical (unpaired) electrons. The molecule has 0 saturated heterocycles. The summed E-state index contributed by atoms with van der Waals surface area (Å²) in [6, 6.07) is 0.959. The average Bonchev–Trinajstić information content (AvgIpc) is 2.16. The van der Waals surface area contributed by atoms with Crippen molar-refractivity contribution in [2.24, 2.45) is 0 Å². The van der Waals surface area contributed by atoms with Gasteiger partial charge in [0, 0.05) is 3.57 Å². The molecule has 0 amide bonds. The van der Waals surface area contributed by atoms with Crippen molar-refractivity contribution in [3.05, 3.63) is 26.8 Å². The zero-order valence-corrected chi connectivity index (χ0v) is 10.3. The topological polar surface area (TPSA) is 39.2 Å². The molecule has 0 saturated carbocycles. The first-order valence-electron chi connectivity index (χ1n) is 4.28. The van der Waals surface area contributed by atoms with Gasteiger partial charge in [0.15, 0.2) is 0 Å². The van der Waals surface area contributed by atoms with Gasteiger partial charge in [-0.3, -0.25) is 0 Å². The molecule has 88 valence electrons. The van der Waals surface area contributed by atoms with Gasteiger partial charge < -0.3 is 4.74 Å². The SMILES string of the molecule is CCOC(=O)c1c(I)cc(C(F)F)nc1F. The van der Waals surface area contributed by atoms with Crippen LogP contribution in [-0.2, 0) is 4.74 Å². The van der Waals surface area contributed by atoms with Gasteiger partial charge in [0.05, 0.1) is 6.61 Å². The van der Waals surface area contributed by atoms with Crippen LogP contribution in [0.15, 0.2) is 6.07 Å². The maximum absolute atomic E-state index is 13.3. The Morgan fingerprint density at radius 3 is 2.69 bits per heavy atom. The molecule has 0 fully saturated rings. The summed E-state index contributed by atoms with van der Waals surface area (Å²) in [5.41, 5.74) is -1.11.